The van der Waals surface area contributed by atoms with Crippen molar-refractivity contribution in [2.24, 2.45) is 5.41 Å². The Morgan fingerprint density at radius 3 is 2.71 bits per heavy atom. The molecule has 1 heterocycles. The lowest BCUT2D eigenvalue weighted by Gasteiger charge is -2.34. The number of fused-ring (bicyclic) bond motifs is 1. The van der Waals surface area contributed by atoms with Gasteiger partial charge in [-0.2, -0.15) is 0 Å². The molecule has 2 nitrogen and oxygen atoms in total. The van der Waals surface area contributed by atoms with E-state index in [4.69, 9.17) is 0 Å². The van der Waals surface area contributed by atoms with Crippen LogP contribution in [0.5, 0.6) is 0 Å². The van der Waals surface area contributed by atoms with E-state index in [2.05, 4.69) is 46.4 Å². The molecular weight excluding hydrogens is 326 g/mol. The SMILES string of the molecule is CCC1(C(Br)c2ccc3c(c2)CCCC(=O)N3)CCCC1. The quantitative estimate of drug-likeness (QED) is 0.730. The lowest BCUT2D eigenvalue weighted by Crippen LogP contribution is -2.21. The van der Waals surface area contributed by atoms with Crippen LogP contribution in [-0.2, 0) is 11.2 Å². The average molecular weight is 350 g/mol. The molecule has 1 amide bonds. The van der Waals surface area contributed by atoms with Gasteiger partial charge in [0.15, 0.2) is 0 Å². The van der Waals surface area contributed by atoms with Crippen LogP contribution < -0.4 is 5.32 Å². The maximum atomic E-state index is 11.7. The van der Waals surface area contributed by atoms with Gasteiger partial charge in [0.1, 0.15) is 0 Å². The number of halogens is 1. The topological polar surface area (TPSA) is 29.1 Å². The molecule has 0 spiro atoms. The molecule has 114 valence electrons. The van der Waals surface area contributed by atoms with Gasteiger partial charge < -0.3 is 5.32 Å². The first kappa shape index (κ1) is 15.1. The van der Waals surface area contributed by atoms with Crippen molar-refractivity contribution in [1.29, 1.82) is 0 Å². The number of carbonyl (C=O) groups is 1. The summed E-state index contributed by atoms with van der Waals surface area (Å²) in [5.74, 6) is 0.151. The van der Waals surface area contributed by atoms with Crippen molar-refractivity contribution in [2.75, 3.05) is 5.32 Å². The zero-order valence-electron chi connectivity index (χ0n) is 12.8. The number of rotatable bonds is 3. The number of benzene rings is 1. The van der Waals surface area contributed by atoms with Crippen LogP contribution >= 0.6 is 15.9 Å². The van der Waals surface area contributed by atoms with Crippen molar-refractivity contribution in [3.05, 3.63) is 29.3 Å². The number of alkyl halides is 1. The molecule has 0 saturated heterocycles. The Kier molecular flexibility index (Phi) is 4.39. The second kappa shape index (κ2) is 6.12. The van der Waals surface area contributed by atoms with Crippen LogP contribution in [0, 0.1) is 5.41 Å². The molecule has 3 heteroatoms. The molecule has 0 bridgehead atoms. The molecule has 1 saturated carbocycles. The summed E-state index contributed by atoms with van der Waals surface area (Å²) in [5.41, 5.74) is 4.11. The van der Waals surface area contributed by atoms with Crippen LogP contribution in [0.3, 0.4) is 0 Å². The summed E-state index contributed by atoms with van der Waals surface area (Å²) in [5, 5.41) is 3.03. The number of anilines is 1. The molecule has 3 rings (SSSR count). The van der Waals surface area contributed by atoms with E-state index in [1.54, 1.807) is 0 Å². The molecule has 21 heavy (non-hydrogen) atoms. The van der Waals surface area contributed by atoms with Gasteiger partial charge >= 0.3 is 0 Å². The van der Waals surface area contributed by atoms with E-state index >= 15 is 0 Å². The van der Waals surface area contributed by atoms with E-state index in [1.807, 2.05) is 0 Å². The fraction of sp³-hybridized carbons (Fsp3) is 0.611. The molecule has 1 aromatic carbocycles. The summed E-state index contributed by atoms with van der Waals surface area (Å²) >= 11 is 4.00. The average Bonchev–Trinajstić information content (AvgIpc) is 2.90. The van der Waals surface area contributed by atoms with Gasteiger partial charge in [0.2, 0.25) is 5.91 Å². The second-order valence-corrected chi connectivity index (χ2v) is 7.52. The highest BCUT2D eigenvalue weighted by molar-refractivity contribution is 9.09. The molecule has 1 aliphatic carbocycles. The summed E-state index contributed by atoms with van der Waals surface area (Å²) < 4.78 is 0. The van der Waals surface area contributed by atoms with Crippen LogP contribution in [0.15, 0.2) is 18.2 Å². The third-order valence-electron chi connectivity index (χ3n) is 5.39. The first-order valence-corrected chi connectivity index (χ1v) is 9.13. The Morgan fingerprint density at radius 1 is 1.24 bits per heavy atom. The summed E-state index contributed by atoms with van der Waals surface area (Å²) in [7, 11) is 0. The standard InChI is InChI=1S/C18H24BrNO/c1-2-18(10-3-4-11-18)17(19)14-8-9-15-13(12-14)6-5-7-16(21)20-15/h8-9,12,17H,2-7,10-11H2,1H3,(H,20,21). The largest absolute Gasteiger partial charge is 0.326 e. The summed E-state index contributed by atoms with van der Waals surface area (Å²) in [6.45, 7) is 2.32. The number of nitrogens with one attached hydrogen (secondary N) is 1. The fourth-order valence-electron chi connectivity index (χ4n) is 3.97. The Balaban J connectivity index is 1.89. The summed E-state index contributed by atoms with van der Waals surface area (Å²) in [4.78, 5) is 12.1. The van der Waals surface area contributed by atoms with Crippen LogP contribution in [0.1, 0.15) is 67.8 Å². The predicted octanol–water partition coefficient (Wildman–Crippen LogP) is 5.37. The number of amides is 1. The van der Waals surface area contributed by atoms with E-state index in [9.17, 15) is 4.79 Å². The predicted molar refractivity (Wildman–Crippen MR) is 90.9 cm³/mol. The minimum absolute atomic E-state index is 0.151. The maximum Gasteiger partial charge on any atom is 0.224 e. The first-order chi connectivity index (χ1) is 10.1. The molecule has 2 aliphatic rings. The van der Waals surface area contributed by atoms with Crippen molar-refractivity contribution in [3.8, 4) is 0 Å². The molecular formula is C18H24BrNO. The fourth-order valence-corrected chi connectivity index (χ4v) is 5.04. The Bertz CT molecular complexity index is 534. The van der Waals surface area contributed by atoms with Gasteiger partial charge in [0.25, 0.3) is 0 Å². The van der Waals surface area contributed by atoms with E-state index in [-0.39, 0.29) is 5.91 Å². The van der Waals surface area contributed by atoms with Gasteiger partial charge in [0.05, 0.1) is 0 Å². The van der Waals surface area contributed by atoms with Crippen molar-refractivity contribution < 1.29 is 4.79 Å². The third kappa shape index (κ3) is 2.90. The summed E-state index contributed by atoms with van der Waals surface area (Å²) in [6, 6.07) is 6.61. The first-order valence-electron chi connectivity index (χ1n) is 8.21. The highest BCUT2D eigenvalue weighted by Crippen LogP contribution is 2.54. The molecule has 1 fully saturated rings. The number of aryl methyl sites for hydroxylation is 1. The zero-order chi connectivity index (χ0) is 14.9. The summed E-state index contributed by atoms with van der Waals surface area (Å²) in [6.07, 6.45) is 9.20. The Hall–Kier alpha value is -0.830. The second-order valence-electron chi connectivity index (χ2n) is 6.60. The van der Waals surface area contributed by atoms with Gasteiger partial charge in [-0.05, 0) is 54.7 Å². The normalized spacial score (nSPS) is 22.3. The smallest absolute Gasteiger partial charge is 0.224 e. The van der Waals surface area contributed by atoms with E-state index in [0.29, 0.717) is 16.7 Å². The molecule has 1 N–H and O–H groups in total. The highest BCUT2D eigenvalue weighted by atomic mass is 79.9. The van der Waals surface area contributed by atoms with Gasteiger partial charge in [-0.25, -0.2) is 0 Å². The Labute approximate surface area is 135 Å². The van der Waals surface area contributed by atoms with Gasteiger partial charge in [-0.1, -0.05) is 47.8 Å². The lowest BCUT2D eigenvalue weighted by molar-refractivity contribution is -0.116. The highest BCUT2D eigenvalue weighted by Gasteiger charge is 2.39. The molecule has 0 aromatic heterocycles. The van der Waals surface area contributed by atoms with Crippen molar-refractivity contribution in [1.82, 2.24) is 0 Å². The number of hydrogen-bond donors (Lipinski definition) is 1. The lowest BCUT2D eigenvalue weighted by atomic mass is 9.77. The van der Waals surface area contributed by atoms with Crippen LogP contribution in [0.2, 0.25) is 0 Å². The number of carbonyl (C=O) groups excluding carboxylic acids is 1. The Morgan fingerprint density at radius 2 is 2.00 bits per heavy atom. The van der Waals surface area contributed by atoms with E-state index in [1.165, 1.54) is 43.2 Å². The third-order valence-corrected chi connectivity index (χ3v) is 6.89. The van der Waals surface area contributed by atoms with Crippen molar-refractivity contribution in [2.45, 2.75) is 63.1 Å². The molecule has 1 unspecified atom stereocenters. The molecule has 1 atom stereocenters. The van der Waals surface area contributed by atoms with Crippen molar-refractivity contribution in [3.63, 3.8) is 0 Å². The van der Waals surface area contributed by atoms with Crippen LogP contribution in [-0.4, -0.2) is 5.91 Å². The minimum Gasteiger partial charge on any atom is -0.326 e. The van der Waals surface area contributed by atoms with Gasteiger partial charge in [-0.3, -0.25) is 4.79 Å². The van der Waals surface area contributed by atoms with E-state index < -0.39 is 0 Å². The molecule has 1 aromatic rings. The monoisotopic (exact) mass is 349 g/mol. The van der Waals surface area contributed by atoms with E-state index in [0.717, 1.165) is 18.5 Å². The number of hydrogen-bond acceptors (Lipinski definition) is 1. The van der Waals surface area contributed by atoms with Gasteiger partial charge in [0, 0.05) is 16.9 Å². The maximum absolute atomic E-state index is 11.7. The van der Waals surface area contributed by atoms with Crippen molar-refractivity contribution >= 4 is 27.5 Å². The van der Waals surface area contributed by atoms with Crippen LogP contribution in [0.25, 0.3) is 0 Å². The molecule has 1 aliphatic heterocycles. The zero-order valence-corrected chi connectivity index (χ0v) is 14.3. The van der Waals surface area contributed by atoms with Gasteiger partial charge in [-0.15, -0.1) is 0 Å². The molecule has 0 radical (unpaired) electrons. The van der Waals surface area contributed by atoms with Crippen LogP contribution in [0.4, 0.5) is 5.69 Å². The minimum atomic E-state index is 0.151.